The molecule has 2 aromatic heterocycles. The summed E-state index contributed by atoms with van der Waals surface area (Å²) in [6.45, 7) is 1.77. The van der Waals surface area contributed by atoms with Crippen molar-refractivity contribution in [2.75, 3.05) is 0 Å². The molecule has 0 unspecified atom stereocenters. The van der Waals surface area contributed by atoms with Gasteiger partial charge in [0.15, 0.2) is 0 Å². The summed E-state index contributed by atoms with van der Waals surface area (Å²) < 4.78 is 48.2. The van der Waals surface area contributed by atoms with Crippen LogP contribution in [0.4, 0.5) is 13.2 Å². The van der Waals surface area contributed by atoms with Crippen LogP contribution >= 0.6 is 0 Å². The fourth-order valence-electron chi connectivity index (χ4n) is 5.77. The van der Waals surface area contributed by atoms with Crippen LogP contribution in [0.2, 0.25) is 0 Å². The maximum absolute atomic E-state index is 14.8. The number of fused-ring (bicyclic) bond motifs is 6. The van der Waals surface area contributed by atoms with Crippen molar-refractivity contribution in [3.05, 3.63) is 120 Å². The number of hydrogen-bond donors (Lipinski definition) is 0. The van der Waals surface area contributed by atoms with Gasteiger partial charge in [0.25, 0.3) is 0 Å². The van der Waals surface area contributed by atoms with Crippen molar-refractivity contribution in [3.63, 3.8) is 0 Å². The largest absolute Gasteiger partial charge is 0.418 e. The summed E-state index contributed by atoms with van der Waals surface area (Å²) in [6.07, 6.45) is -4.55. The quantitative estimate of drug-likeness (QED) is 0.229. The molecule has 0 saturated heterocycles. The van der Waals surface area contributed by atoms with E-state index in [2.05, 4.69) is 0 Å². The molecule has 0 N–H and O–H groups in total. The summed E-state index contributed by atoms with van der Waals surface area (Å²) in [5.41, 5.74) is 3.81. The Hall–Kier alpha value is -4.51. The Labute approximate surface area is 210 Å². The summed E-state index contributed by atoms with van der Waals surface area (Å²) in [4.78, 5) is 0. The highest BCUT2D eigenvalue weighted by Gasteiger charge is 2.36. The van der Waals surface area contributed by atoms with Gasteiger partial charge in [0.2, 0.25) is 0 Å². The average molecular weight is 491 g/mol. The minimum Gasteiger partial charge on any atom is -0.309 e. The molecular formula is C32H21F3N2. The molecule has 0 fully saturated rings. The van der Waals surface area contributed by atoms with E-state index in [0.29, 0.717) is 11.3 Å². The van der Waals surface area contributed by atoms with Gasteiger partial charge in [0, 0.05) is 27.2 Å². The van der Waals surface area contributed by atoms with Gasteiger partial charge in [-0.25, -0.2) is 0 Å². The predicted octanol–water partition coefficient (Wildman–Crippen LogP) is 9.21. The third kappa shape index (κ3) is 3.13. The van der Waals surface area contributed by atoms with Crippen molar-refractivity contribution in [1.82, 2.24) is 9.13 Å². The van der Waals surface area contributed by atoms with Gasteiger partial charge in [-0.2, -0.15) is 13.2 Å². The van der Waals surface area contributed by atoms with Crippen molar-refractivity contribution in [1.29, 1.82) is 0 Å². The van der Waals surface area contributed by atoms with Crippen LogP contribution in [0, 0.1) is 6.92 Å². The molecule has 0 amide bonds. The number of benzene rings is 5. The molecule has 5 heteroatoms. The van der Waals surface area contributed by atoms with E-state index in [4.69, 9.17) is 0 Å². The molecule has 2 nitrogen and oxygen atoms in total. The lowest BCUT2D eigenvalue weighted by atomic mass is 10.0. The van der Waals surface area contributed by atoms with Crippen LogP contribution < -0.4 is 0 Å². The molecule has 0 bridgehead atoms. The average Bonchev–Trinajstić information content (AvgIpc) is 3.41. The van der Waals surface area contributed by atoms with E-state index in [9.17, 15) is 13.2 Å². The van der Waals surface area contributed by atoms with Crippen LogP contribution in [0.3, 0.4) is 0 Å². The maximum atomic E-state index is 14.8. The Bertz CT molecular complexity index is 1880. The number of para-hydroxylation sites is 4. The number of halogens is 3. The summed E-state index contributed by atoms with van der Waals surface area (Å²) in [5.74, 6) is 0. The highest BCUT2D eigenvalue weighted by atomic mass is 19.4. The lowest BCUT2D eigenvalue weighted by Gasteiger charge is -2.21. The van der Waals surface area contributed by atoms with Crippen LogP contribution in [-0.4, -0.2) is 9.13 Å². The molecule has 0 aliphatic carbocycles. The van der Waals surface area contributed by atoms with Gasteiger partial charge in [-0.3, -0.25) is 0 Å². The molecule has 0 saturated carbocycles. The van der Waals surface area contributed by atoms with Gasteiger partial charge < -0.3 is 9.13 Å². The number of rotatable bonds is 2. The van der Waals surface area contributed by atoms with Crippen molar-refractivity contribution >= 4 is 43.6 Å². The zero-order valence-electron chi connectivity index (χ0n) is 19.9. The van der Waals surface area contributed by atoms with Gasteiger partial charge in [-0.1, -0.05) is 72.8 Å². The Balaban J connectivity index is 1.60. The van der Waals surface area contributed by atoms with Crippen LogP contribution in [-0.2, 0) is 6.18 Å². The highest BCUT2D eigenvalue weighted by molar-refractivity contribution is 6.10. The number of hydrogen-bond acceptors (Lipinski definition) is 0. The fraction of sp³-hybridized carbons (Fsp3) is 0.0625. The lowest BCUT2D eigenvalue weighted by Crippen LogP contribution is -2.14. The molecular weight excluding hydrogens is 469 g/mol. The van der Waals surface area contributed by atoms with E-state index in [1.807, 2.05) is 108 Å². The highest BCUT2D eigenvalue weighted by Crippen LogP contribution is 2.42. The van der Waals surface area contributed by atoms with Crippen LogP contribution in [0.5, 0.6) is 0 Å². The predicted molar refractivity (Wildman–Crippen MR) is 145 cm³/mol. The van der Waals surface area contributed by atoms with Crippen molar-refractivity contribution in [3.8, 4) is 11.4 Å². The molecule has 0 aliphatic rings. The number of nitrogens with zero attached hydrogens (tertiary/aromatic N) is 2. The van der Waals surface area contributed by atoms with Gasteiger partial charge in [0.05, 0.1) is 33.3 Å². The van der Waals surface area contributed by atoms with Crippen molar-refractivity contribution < 1.29 is 13.2 Å². The minimum absolute atomic E-state index is 0.161. The first-order valence-corrected chi connectivity index (χ1v) is 12.1. The third-order valence-corrected chi connectivity index (χ3v) is 7.23. The molecule has 0 aliphatic heterocycles. The van der Waals surface area contributed by atoms with Crippen LogP contribution in [0.15, 0.2) is 109 Å². The zero-order chi connectivity index (χ0) is 25.3. The fourth-order valence-corrected chi connectivity index (χ4v) is 5.77. The molecule has 5 aromatic carbocycles. The van der Waals surface area contributed by atoms with E-state index in [1.165, 1.54) is 6.07 Å². The van der Waals surface area contributed by atoms with Gasteiger partial charge in [-0.15, -0.1) is 0 Å². The maximum Gasteiger partial charge on any atom is 0.418 e. The van der Waals surface area contributed by atoms with Gasteiger partial charge >= 0.3 is 6.18 Å². The number of aromatic nitrogens is 2. The Morgan fingerprint density at radius 3 is 1.30 bits per heavy atom. The van der Waals surface area contributed by atoms with Crippen molar-refractivity contribution in [2.24, 2.45) is 0 Å². The molecule has 180 valence electrons. The second-order valence-electron chi connectivity index (χ2n) is 9.40. The van der Waals surface area contributed by atoms with E-state index in [0.717, 1.165) is 43.6 Å². The summed E-state index contributed by atoms with van der Waals surface area (Å²) in [5, 5.41) is 3.88. The van der Waals surface area contributed by atoms with Crippen LogP contribution in [0.1, 0.15) is 11.1 Å². The molecule has 7 aromatic rings. The van der Waals surface area contributed by atoms with E-state index in [1.54, 1.807) is 11.5 Å². The Kier molecular flexibility index (Phi) is 4.55. The summed E-state index contributed by atoms with van der Waals surface area (Å²) in [6, 6.07) is 34.1. The molecule has 7 rings (SSSR count). The molecule has 0 spiro atoms. The second-order valence-corrected chi connectivity index (χ2v) is 9.40. The Morgan fingerprint density at radius 2 is 0.892 bits per heavy atom. The van der Waals surface area contributed by atoms with Crippen LogP contribution in [0.25, 0.3) is 55.0 Å². The third-order valence-electron chi connectivity index (χ3n) is 7.23. The summed E-state index contributed by atoms with van der Waals surface area (Å²) >= 11 is 0. The molecule has 37 heavy (non-hydrogen) atoms. The number of alkyl halides is 3. The second kappa shape index (κ2) is 7.74. The minimum atomic E-state index is -4.55. The van der Waals surface area contributed by atoms with Gasteiger partial charge in [-0.05, 0) is 48.9 Å². The monoisotopic (exact) mass is 490 g/mol. The smallest absolute Gasteiger partial charge is 0.309 e. The molecule has 0 radical (unpaired) electrons. The standard InChI is InChI=1S/C32H21F3N2/c1-20-18-21(36-27-14-6-2-10-22(27)23-11-3-7-15-28(23)36)19-26(32(33,34)35)31(20)37-29-16-8-4-12-24(29)25-13-5-9-17-30(25)37/h2-19H,1H3. The topological polar surface area (TPSA) is 9.86 Å². The van der Waals surface area contributed by atoms with Gasteiger partial charge in [0.1, 0.15) is 0 Å². The number of aryl methyl sites for hydroxylation is 1. The van der Waals surface area contributed by atoms with E-state index < -0.39 is 11.7 Å². The van der Waals surface area contributed by atoms with E-state index in [-0.39, 0.29) is 5.69 Å². The SMILES string of the molecule is Cc1cc(-n2c3ccccc3c3ccccc32)cc(C(F)(F)F)c1-n1c2ccccc2c2ccccc21. The normalized spacial score (nSPS) is 12.3. The first kappa shape index (κ1) is 21.7. The summed E-state index contributed by atoms with van der Waals surface area (Å²) in [7, 11) is 0. The zero-order valence-corrected chi connectivity index (χ0v) is 19.9. The van der Waals surface area contributed by atoms with E-state index >= 15 is 0 Å². The molecule has 0 atom stereocenters. The molecule has 2 heterocycles. The first-order valence-electron chi connectivity index (χ1n) is 12.1. The first-order chi connectivity index (χ1) is 17.9. The lowest BCUT2D eigenvalue weighted by molar-refractivity contribution is -0.137. The van der Waals surface area contributed by atoms with Crippen molar-refractivity contribution in [2.45, 2.75) is 13.1 Å². The Morgan fingerprint density at radius 1 is 0.514 bits per heavy atom.